The second-order valence-electron chi connectivity index (χ2n) is 8.44. The number of benzene rings is 2. The van der Waals surface area contributed by atoms with Crippen molar-refractivity contribution >= 4 is 27.8 Å². The SMILES string of the molecule is CC1C=CC=CC1c1nc(SCc2cccc(CC(NS(=O)(=O)c3ccc(F)cc3)C(=O)O)c2)n[nH]1. The van der Waals surface area contributed by atoms with Crippen molar-refractivity contribution < 1.29 is 22.7 Å². The van der Waals surface area contributed by atoms with Gasteiger partial charge in [-0.1, -0.05) is 67.3 Å². The number of carboxylic acids is 1. The number of allylic oxidation sites excluding steroid dienone is 4. The fourth-order valence-corrected chi connectivity index (χ4v) is 5.75. The molecule has 188 valence electrons. The van der Waals surface area contributed by atoms with Gasteiger partial charge in [-0.25, -0.2) is 17.8 Å². The number of carboxylic acid groups (broad SMARTS) is 1. The lowest BCUT2D eigenvalue weighted by Crippen LogP contribution is -2.42. The molecule has 0 bridgehead atoms. The second-order valence-corrected chi connectivity index (χ2v) is 11.1. The molecular weight excluding hydrogens is 503 g/mol. The third kappa shape index (κ3) is 6.48. The van der Waals surface area contributed by atoms with E-state index in [1.807, 2.05) is 24.3 Å². The third-order valence-electron chi connectivity index (χ3n) is 5.73. The van der Waals surface area contributed by atoms with E-state index < -0.39 is 27.9 Å². The Kier molecular flexibility index (Phi) is 8.02. The number of hydrogen-bond acceptors (Lipinski definition) is 6. The lowest BCUT2D eigenvalue weighted by Gasteiger charge is -2.17. The van der Waals surface area contributed by atoms with Crippen molar-refractivity contribution in [2.75, 3.05) is 0 Å². The van der Waals surface area contributed by atoms with Gasteiger partial charge in [-0.05, 0) is 47.7 Å². The van der Waals surface area contributed by atoms with Crippen LogP contribution in [0, 0.1) is 11.7 Å². The first-order valence-electron chi connectivity index (χ1n) is 11.2. The summed E-state index contributed by atoms with van der Waals surface area (Å²) in [6, 6.07) is 10.1. The van der Waals surface area contributed by atoms with Gasteiger partial charge in [0.1, 0.15) is 17.7 Å². The zero-order chi connectivity index (χ0) is 25.7. The average Bonchev–Trinajstić information content (AvgIpc) is 3.32. The first-order valence-corrected chi connectivity index (χ1v) is 13.7. The highest BCUT2D eigenvalue weighted by molar-refractivity contribution is 7.98. The molecular formula is C25H25FN4O4S2. The molecule has 0 fully saturated rings. The van der Waals surface area contributed by atoms with Crippen LogP contribution in [0.3, 0.4) is 0 Å². The number of aliphatic carboxylic acids is 1. The first kappa shape index (κ1) is 25.8. The summed E-state index contributed by atoms with van der Waals surface area (Å²) in [6.45, 7) is 2.12. The predicted octanol–water partition coefficient (Wildman–Crippen LogP) is 4.06. The Hall–Kier alpha value is -3.28. The maximum Gasteiger partial charge on any atom is 0.322 e. The number of carbonyl (C=O) groups is 1. The van der Waals surface area contributed by atoms with Crippen LogP contribution in [0.25, 0.3) is 0 Å². The monoisotopic (exact) mass is 528 g/mol. The molecule has 1 aromatic heterocycles. The quantitative estimate of drug-likeness (QED) is 0.339. The van der Waals surface area contributed by atoms with E-state index in [9.17, 15) is 22.7 Å². The van der Waals surface area contributed by atoms with Crippen molar-refractivity contribution in [2.45, 2.75) is 41.1 Å². The fourth-order valence-electron chi connectivity index (χ4n) is 3.81. The van der Waals surface area contributed by atoms with Crippen molar-refractivity contribution in [3.05, 3.63) is 95.6 Å². The molecule has 0 radical (unpaired) electrons. The first-order chi connectivity index (χ1) is 17.2. The number of nitrogens with one attached hydrogen (secondary N) is 2. The molecule has 0 amide bonds. The molecule has 0 saturated heterocycles. The van der Waals surface area contributed by atoms with Crippen LogP contribution >= 0.6 is 11.8 Å². The minimum atomic E-state index is -4.14. The molecule has 4 rings (SSSR count). The van der Waals surface area contributed by atoms with Gasteiger partial charge in [0.15, 0.2) is 0 Å². The van der Waals surface area contributed by atoms with E-state index in [-0.39, 0.29) is 17.2 Å². The molecule has 1 aliphatic carbocycles. The van der Waals surface area contributed by atoms with Gasteiger partial charge in [-0.15, -0.1) is 5.10 Å². The molecule has 2 aromatic carbocycles. The standard InChI is InChI=1S/C25H25FN4O4S2/c1-16-5-2-3-8-21(16)23-27-25(29-28-23)35-15-18-7-4-6-17(13-18)14-22(24(31)32)30-36(33,34)20-11-9-19(26)10-12-20/h2-13,16,21-22,30H,14-15H2,1H3,(H,31,32)(H,27,28,29). The summed E-state index contributed by atoms with van der Waals surface area (Å²) in [5.74, 6) is -0.0732. The van der Waals surface area contributed by atoms with Gasteiger partial charge < -0.3 is 5.11 Å². The predicted molar refractivity (Wildman–Crippen MR) is 134 cm³/mol. The lowest BCUT2D eigenvalue weighted by atomic mass is 9.89. The third-order valence-corrected chi connectivity index (χ3v) is 8.13. The maximum absolute atomic E-state index is 13.1. The molecule has 36 heavy (non-hydrogen) atoms. The highest BCUT2D eigenvalue weighted by Gasteiger charge is 2.26. The Bertz CT molecular complexity index is 1390. The van der Waals surface area contributed by atoms with Crippen LogP contribution in [0.5, 0.6) is 0 Å². The molecule has 3 unspecified atom stereocenters. The molecule has 3 N–H and O–H groups in total. The Balaban J connectivity index is 1.40. The Morgan fingerprint density at radius 3 is 2.61 bits per heavy atom. The number of thioether (sulfide) groups is 1. The van der Waals surface area contributed by atoms with Gasteiger partial charge in [0.05, 0.1) is 4.90 Å². The molecule has 0 aliphatic heterocycles. The molecule has 0 saturated carbocycles. The van der Waals surface area contributed by atoms with Gasteiger partial charge >= 0.3 is 5.97 Å². The summed E-state index contributed by atoms with van der Waals surface area (Å²) in [5.41, 5.74) is 1.58. The number of rotatable bonds is 10. The Morgan fingerprint density at radius 1 is 1.17 bits per heavy atom. The fraction of sp³-hybridized carbons (Fsp3) is 0.240. The molecule has 1 heterocycles. The largest absolute Gasteiger partial charge is 0.480 e. The van der Waals surface area contributed by atoms with Crippen LogP contribution in [-0.2, 0) is 27.0 Å². The zero-order valence-electron chi connectivity index (χ0n) is 19.3. The molecule has 3 aromatic rings. The van der Waals surface area contributed by atoms with Crippen LogP contribution in [0.4, 0.5) is 4.39 Å². The number of halogens is 1. The number of aromatic nitrogens is 3. The van der Waals surface area contributed by atoms with E-state index in [1.54, 1.807) is 12.1 Å². The second kappa shape index (κ2) is 11.2. The Morgan fingerprint density at radius 2 is 1.89 bits per heavy atom. The summed E-state index contributed by atoms with van der Waals surface area (Å²) in [6.07, 6.45) is 8.17. The lowest BCUT2D eigenvalue weighted by molar-refractivity contribution is -0.138. The summed E-state index contributed by atoms with van der Waals surface area (Å²) >= 11 is 1.45. The number of nitrogens with zero attached hydrogens (tertiary/aromatic N) is 2. The molecule has 11 heteroatoms. The van der Waals surface area contributed by atoms with E-state index in [2.05, 4.69) is 39.0 Å². The van der Waals surface area contributed by atoms with Crippen LogP contribution in [-0.4, -0.2) is 40.7 Å². The van der Waals surface area contributed by atoms with Gasteiger partial charge in [0, 0.05) is 11.7 Å². The van der Waals surface area contributed by atoms with E-state index in [1.165, 1.54) is 11.8 Å². The van der Waals surface area contributed by atoms with Crippen molar-refractivity contribution in [2.24, 2.45) is 5.92 Å². The average molecular weight is 529 g/mol. The van der Waals surface area contributed by atoms with Crippen LogP contribution < -0.4 is 4.72 Å². The molecule has 0 spiro atoms. The number of hydrogen-bond donors (Lipinski definition) is 3. The highest BCUT2D eigenvalue weighted by Crippen LogP contribution is 2.29. The molecule has 1 aliphatic rings. The Labute approximate surface area is 212 Å². The topological polar surface area (TPSA) is 125 Å². The van der Waals surface area contributed by atoms with Gasteiger partial charge in [-0.2, -0.15) is 4.72 Å². The van der Waals surface area contributed by atoms with Crippen molar-refractivity contribution in [1.29, 1.82) is 0 Å². The number of H-pyrrole nitrogens is 1. The van der Waals surface area contributed by atoms with Crippen LogP contribution in [0.15, 0.2) is 82.9 Å². The number of sulfonamides is 1. The normalized spacial score (nSPS) is 18.3. The summed E-state index contributed by atoms with van der Waals surface area (Å²) in [7, 11) is -4.14. The minimum Gasteiger partial charge on any atom is -0.480 e. The molecule has 3 atom stereocenters. The van der Waals surface area contributed by atoms with Crippen LogP contribution in [0.1, 0.15) is 29.8 Å². The summed E-state index contributed by atoms with van der Waals surface area (Å²) in [5, 5.41) is 17.5. The van der Waals surface area contributed by atoms with Crippen molar-refractivity contribution in [3.8, 4) is 0 Å². The zero-order valence-corrected chi connectivity index (χ0v) is 21.0. The van der Waals surface area contributed by atoms with Crippen molar-refractivity contribution in [1.82, 2.24) is 19.9 Å². The van der Waals surface area contributed by atoms with Gasteiger partial charge in [0.25, 0.3) is 0 Å². The van der Waals surface area contributed by atoms with E-state index in [0.717, 1.165) is 35.7 Å². The summed E-state index contributed by atoms with van der Waals surface area (Å²) in [4.78, 5) is 16.2. The van der Waals surface area contributed by atoms with Gasteiger partial charge in [-0.3, -0.25) is 9.89 Å². The number of aromatic amines is 1. The summed E-state index contributed by atoms with van der Waals surface area (Å²) < 4.78 is 40.5. The van der Waals surface area contributed by atoms with Crippen molar-refractivity contribution in [3.63, 3.8) is 0 Å². The van der Waals surface area contributed by atoms with E-state index in [4.69, 9.17) is 0 Å². The smallest absolute Gasteiger partial charge is 0.322 e. The minimum absolute atomic E-state index is 0.0571. The maximum atomic E-state index is 13.1. The van der Waals surface area contributed by atoms with Crippen LogP contribution in [0.2, 0.25) is 0 Å². The highest BCUT2D eigenvalue weighted by atomic mass is 32.2. The van der Waals surface area contributed by atoms with E-state index >= 15 is 0 Å². The van der Waals surface area contributed by atoms with E-state index in [0.29, 0.717) is 22.4 Å². The van der Waals surface area contributed by atoms with Gasteiger partial charge in [0.2, 0.25) is 15.2 Å². The molecule has 8 nitrogen and oxygen atoms in total.